The van der Waals surface area contributed by atoms with E-state index in [-0.39, 0.29) is 5.54 Å². The van der Waals surface area contributed by atoms with Crippen molar-refractivity contribution in [2.45, 2.75) is 88.9 Å². The summed E-state index contributed by atoms with van der Waals surface area (Å²) < 4.78 is 0. The molecule has 2 unspecified atom stereocenters. The van der Waals surface area contributed by atoms with E-state index in [1.54, 1.807) is 0 Å². The lowest BCUT2D eigenvalue weighted by Gasteiger charge is -2.42. The Hall–Kier alpha value is -0.590. The Morgan fingerprint density at radius 1 is 1.20 bits per heavy atom. The molecule has 112 valence electrons. The van der Waals surface area contributed by atoms with Gasteiger partial charge < -0.3 is 0 Å². The van der Waals surface area contributed by atoms with Gasteiger partial charge in [-0.3, -0.25) is 10.2 Å². The molecule has 3 rings (SSSR count). The van der Waals surface area contributed by atoms with Crippen LogP contribution in [-0.2, 0) is 0 Å². The molecule has 0 saturated heterocycles. The molecular formula is C17H29N3. The summed E-state index contributed by atoms with van der Waals surface area (Å²) in [5, 5.41) is 13.4. The van der Waals surface area contributed by atoms with E-state index in [4.69, 9.17) is 0 Å². The molecule has 0 spiro atoms. The fourth-order valence-electron chi connectivity index (χ4n) is 3.84. The smallest absolute Gasteiger partial charge is 0.108 e. The molecule has 3 aliphatic rings. The molecule has 0 aromatic carbocycles. The topological polar surface area (TPSA) is 39.1 Å². The number of hydrogen-bond acceptors (Lipinski definition) is 3. The van der Waals surface area contributed by atoms with E-state index in [2.05, 4.69) is 30.1 Å². The fraction of sp³-hybridized carbons (Fsp3) is 0.941. The van der Waals surface area contributed by atoms with Crippen molar-refractivity contribution in [3.05, 3.63) is 0 Å². The SMILES string of the molecule is CC(C)CN(C1CC1)C1CCCC(C#N)(NC2CC2)C1. The average molecular weight is 275 g/mol. The van der Waals surface area contributed by atoms with Crippen LogP contribution in [0.2, 0.25) is 0 Å². The fourth-order valence-corrected chi connectivity index (χ4v) is 3.84. The molecule has 0 aromatic rings. The Morgan fingerprint density at radius 3 is 2.50 bits per heavy atom. The monoisotopic (exact) mass is 275 g/mol. The van der Waals surface area contributed by atoms with Gasteiger partial charge in [0.25, 0.3) is 0 Å². The molecule has 3 fully saturated rings. The summed E-state index contributed by atoms with van der Waals surface area (Å²) in [6, 6.07) is 4.73. The molecule has 3 heteroatoms. The van der Waals surface area contributed by atoms with Gasteiger partial charge in [-0.2, -0.15) is 5.26 Å². The van der Waals surface area contributed by atoms with Gasteiger partial charge in [-0.05, 0) is 57.3 Å². The average Bonchev–Trinajstić information content (AvgIpc) is 3.30. The van der Waals surface area contributed by atoms with Crippen LogP contribution in [0.5, 0.6) is 0 Å². The maximum atomic E-state index is 9.72. The van der Waals surface area contributed by atoms with Gasteiger partial charge in [0.2, 0.25) is 0 Å². The Balaban J connectivity index is 1.67. The lowest BCUT2D eigenvalue weighted by molar-refractivity contribution is 0.100. The Morgan fingerprint density at radius 2 is 1.95 bits per heavy atom. The van der Waals surface area contributed by atoms with Crippen molar-refractivity contribution in [2.75, 3.05) is 6.54 Å². The second-order valence-electron chi connectivity index (χ2n) is 7.68. The summed E-state index contributed by atoms with van der Waals surface area (Å²) in [4.78, 5) is 2.74. The zero-order valence-corrected chi connectivity index (χ0v) is 13.1. The minimum atomic E-state index is -0.228. The van der Waals surface area contributed by atoms with Crippen molar-refractivity contribution in [1.82, 2.24) is 10.2 Å². The first-order valence-corrected chi connectivity index (χ1v) is 8.56. The Kier molecular flexibility index (Phi) is 4.06. The van der Waals surface area contributed by atoms with Crippen molar-refractivity contribution in [2.24, 2.45) is 5.92 Å². The van der Waals surface area contributed by atoms with Crippen LogP contribution in [0.25, 0.3) is 0 Å². The van der Waals surface area contributed by atoms with E-state index in [0.717, 1.165) is 24.8 Å². The zero-order chi connectivity index (χ0) is 14.2. The highest BCUT2D eigenvalue weighted by Crippen LogP contribution is 2.38. The lowest BCUT2D eigenvalue weighted by Crippen LogP contribution is -2.54. The number of nitriles is 1. The predicted octanol–water partition coefficient (Wildman–Crippen LogP) is 3.06. The summed E-state index contributed by atoms with van der Waals surface area (Å²) in [5.74, 6) is 0.727. The molecule has 0 bridgehead atoms. The second kappa shape index (κ2) is 5.66. The molecule has 2 atom stereocenters. The van der Waals surface area contributed by atoms with E-state index in [1.165, 1.54) is 45.1 Å². The summed E-state index contributed by atoms with van der Waals surface area (Å²) in [6.45, 7) is 5.84. The summed E-state index contributed by atoms with van der Waals surface area (Å²) in [7, 11) is 0. The van der Waals surface area contributed by atoms with Crippen molar-refractivity contribution < 1.29 is 0 Å². The van der Waals surface area contributed by atoms with Gasteiger partial charge in [0.15, 0.2) is 0 Å². The van der Waals surface area contributed by atoms with Crippen molar-refractivity contribution in [1.29, 1.82) is 5.26 Å². The van der Waals surface area contributed by atoms with Crippen LogP contribution >= 0.6 is 0 Å². The largest absolute Gasteiger partial charge is 0.297 e. The molecular weight excluding hydrogens is 246 g/mol. The van der Waals surface area contributed by atoms with Gasteiger partial charge in [0, 0.05) is 24.7 Å². The van der Waals surface area contributed by atoms with Crippen molar-refractivity contribution >= 4 is 0 Å². The van der Waals surface area contributed by atoms with Crippen LogP contribution < -0.4 is 5.32 Å². The van der Waals surface area contributed by atoms with E-state index >= 15 is 0 Å². The second-order valence-corrected chi connectivity index (χ2v) is 7.68. The summed E-state index contributed by atoms with van der Waals surface area (Å²) in [5.41, 5.74) is -0.228. The lowest BCUT2D eigenvalue weighted by atomic mass is 9.79. The van der Waals surface area contributed by atoms with E-state index in [1.807, 2.05) is 0 Å². The van der Waals surface area contributed by atoms with Crippen LogP contribution in [0.1, 0.15) is 65.2 Å². The van der Waals surface area contributed by atoms with Gasteiger partial charge in [0.1, 0.15) is 5.54 Å². The van der Waals surface area contributed by atoms with Gasteiger partial charge in [0.05, 0.1) is 6.07 Å². The highest BCUT2D eigenvalue weighted by molar-refractivity contribution is 5.14. The predicted molar refractivity (Wildman–Crippen MR) is 81.3 cm³/mol. The van der Waals surface area contributed by atoms with Gasteiger partial charge in [-0.1, -0.05) is 13.8 Å². The first kappa shape index (κ1) is 14.4. The molecule has 0 aliphatic heterocycles. The molecule has 0 aromatic heterocycles. The Bertz CT molecular complexity index is 378. The van der Waals surface area contributed by atoms with Crippen LogP contribution in [0.3, 0.4) is 0 Å². The maximum absolute atomic E-state index is 9.72. The standard InChI is InChI=1S/C17H29N3/c1-13(2)11-20(15-7-8-15)16-4-3-9-17(10-16,12-18)19-14-5-6-14/h13-16,19H,3-11H2,1-2H3. The quantitative estimate of drug-likeness (QED) is 0.809. The first-order chi connectivity index (χ1) is 9.62. The minimum absolute atomic E-state index is 0.228. The normalized spacial score (nSPS) is 34.5. The summed E-state index contributed by atoms with van der Waals surface area (Å²) in [6.07, 6.45) is 9.88. The third-order valence-electron chi connectivity index (χ3n) is 5.06. The zero-order valence-electron chi connectivity index (χ0n) is 13.1. The number of rotatable bonds is 6. The van der Waals surface area contributed by atoms with Crippen LogP contribution in [0, 0.1) is 17.2 Å². The van der Waals surface area contributed by atoms with E-state index < -0.39 is 0 Å². The molecule has 3 nitrogen and oxygen atoms in total. The van der Waals surface area contributed by atoms with Gasteiger partial charge >= 0.3 is 0 Å². The molecule has 0 amide bonds. The first-order valence-electron chi connectivity index (χ1n) is 8.56. The number of hydrogen-bond donors (Lipinski definition) is 1. The van der Waals surface area contributed by atoms with Crippen molar-refractivity contribution in [3.8, 4) is 6.07 Å². The highest BCUT2D eigenvalue weighted by atomic mass is 15.2. The third kappa shape index (κ3) is 3.35. The third-order valence-corrected chi connectivity index (χ3v) is 5.06. The molecule has 0 radical (unpaired) electrons. The van der Waals surface area contributed by atoms with Gasteiger partial charge in [-0.15, -0.1) is 0 Å². The van der Waals surface area contributed by atoms with Crippen LogP contribution in [-0.4, -0.2) is 35.1 Å². The van der Waals surface area contributed by atoms with E-state index in [0.29, 0.717) is 12.1 Å². The van der Waals surface area contributed by atoms with E-state index in [9.17, 15) is 5.26 Å². The number of nitrogens with zero attached hydrogens (tertiary/aromatic N) is 2. The molecule has 1 N–H and O–H groups in total. The van der Waals surface area contributed by atoms with Crippen molar-refractivity contribution in [3.63, 3.8) is 0 Å². The maximum Gasteiger partial charge on any atom is 0.108 e. The van der Waals surface area contributed by atoms with Crippen LogP contribution in [0.4, 0.5) is 0 Å². The molecule has 3 saturated carbocycles. The molecule has 3 aliphatic carbocycles. The van der Waals surface area contributed by atoms with Crippen LogP contribution in [0.15, 0.2) is 0 Å². The number of nitrogens with one attached hydrogen (secondary N) is 1. The minimum Gasteiger partial charge on any atom is -0.297 e. The molecule has 0 heterocycles. The van der Waals surface area contributed by atoms with Gasteiger partial charge in [-0.25, -0.2) is 0 Å². The summed E-state index contributed by atoms with van der Waals surface area (Å²) >= 11 is 0. The molecule has 20 heavy (non-hydrogen) atoms. The Labute approximate surface area is 123 Å². The highest BCUT2D eigenvalue weighted by Gasteiger charge is 2.44.